The van der Waals surface area contributed by atoms with Gasteiger partial charge in [0.15, 0.2) is 0 Å². The maximum atomic E-state index is 11.2. The molecule has 3 N–H and O–H groups in total. The van der Waals surface area contributed by atoms with Gasteiger partial charge in [-0.15, -0.1) is 11.3 Å². The highest BCUT2D eigenvalue weighted by molar-refractivity contribution is 7.21. The number of rotatable bonds is 5. The molecular weight excluding hydrogens is 354 g/mol. The first kappa shape index (κ1) is 17.2. The Kier molecular flexibility index (Phi) is 5.09. The number of ether oxygens (including phenoxy) is 2. The summed E-state index contributed by atoms with van der Waals surface area (Å²) in [5, 5.41) is 10.2. The van der Waals surface area contributed by atoms with E-state index in [1.54, 1.807) is 6.92 Å². The fraction of sp³-hybridized carbons (Fsp3) is 0.467. The molecule has 0 saturated carbocycles. The monoisotopic (exact) mass is 371 g/mol. The van der Waals surface area contributed by atoms with Gasteiger partial charge in [0, 0.05) is 25.0 Å². The minimum absolute atomic E-state index is 0.0714. The van der Waals surface area contributed by atoms with E-state index in [0.717, 1.165) is 44.2 Å². The molecule has 0 spiro atoms. The first-order valence-corrected chi connectivity index (χ1v) is 8.72. The molecule has 24 heavy (non-hydrogen) atoms. The van der Waals surface area contributed by atoms with Crippen molar-refractivity contribution in [2.24, 2.45) is 0 Å². The van der Waals surface area contributed by atoms with Crippen LogP contribution in [0, 0.1) is 6.92 Å². The van der Waals surface area contributed by atoms with Crippen LogP contribution in [0.2, 0.25) is 5.02 Å². The summed E-state index contributed by atoms with van der Waals surface area (Å²) in [5.74, 6) is -0.756. The number of hydrogen-bond acceptors (Lipinski definition) is 7. The summed E-state index contributed by atoms with van der Waals surface area (Å²) in [6.07, 6.45) is 0. The van der Waals surface area contributed by atoms with Crippen molar-refractivity contribution in [1.29, 1.82) is 0 Å². The van der Waals surface area contributed by atoms with Crippen LogP contribution in [-0.2, 0) is 4.74 Å². The number of carboxylic acid groups (broad SMARTS) is 1. The Balaban J connectivity index is 1.80. The second-order valence-electron chi connectivity index (χ2n) is 5.49. The highest BCUT2D eigenvalue weighted by Gasteiger charge is 2.22. The van der Waals surface area contributed by atoms with Gasteiger partial charge in [-0.2, -0.15) is 0 Å². The van der Waals surface area contributed by atoms with E-state index < -0.39 is 5.97 Å². The molecule has 0 atom stereocenters. The number of carboxylic acids is 1. The molecule has 1 aliphatic heterocycles. The number of nitrogens with zero attached hydrogens (tertiary/aromatic N) is 2. The molecule has 2 aromatic rings. The molecule has 1 aliphatic rings. The fourth-order valence-electron chi connectivity index (χ4n) is 2.63. The number of aromatic nitrogens is 1. The molecule has 3 heterocycles. The topological polar surface area (TPSA) is 97.9 Å². The molecule has 0 aromatic carbocycles. The molecule has 1 fully saturated rings. The Hall–Kier alpha value is -1.61. The third-order valence-electron chi connectivity index (χ3n) is 3.97. The number of thiophene rings is 1. The predicted molar refractivity (Wildman–Crippen MR) is 93.5 cm³/mol. The standard InChI is InChI=1S/C15H18ClN3O4S/c1-8-9-11(17)12(15(20)21)24-14(9)18-13(10(8)16)23-7-4-19-2-5-22-6-3-19/h2-7,17H2,1H3,(H,20,21). The summed E-state index contributed by atoms with van der Waals surface area (Å²) in [5.41, 5.74) is 6.82. The number of aromatic carboxylic acids is 1. The average Bonchev–Trinajstić information content (AvgIpc) is 2.90. The van der Waals surface area contributed by atoms with Gasteiger partial charge in [-0.1, -0.05) is 11.6 Å². The molecule has 3 rings (SSSR count). The molecule has 1 saturated heterocycles. The van der Waals surface area contributed by atoms with Gasteiger partial charge in [0.05, 0.1) is 18.9 Å². The second kappa shape index (κ2) is 7.10. The van der Waals surface area contributed by atoms with Crippen LogP contribution >= 0.6 is 22.9 Å². The average molecular weight is 372 g/mol. The SMILES string of the molecule is Cc1c(Cl)c(OCCN2CCOCC2)nc2sc(C(=O)O)c(N)c12. The smallest absolute Gasteiger partial charge is 0.348 e. The summed E-state index contributed by atoms with van der Waals surface area (Å²) in [6.45, 7) is 6.22. The number of aryl methyl sites for hydroxylation is 1. The minimum Gasteiger partial charge on any atom is -0.477 e. The van der Waals surface area contributed by atoms with Crippen LogP contribution in [0.15, 0.2) is 0 Å². The molecule has 0 amide bonds. The van der Waals surface area contributed by atoms with Crippen LogP contribution in [0.4, 0.5) is 5.69 Å². The summed E-state index contributed by atoms with van der Waals surface area (Å²) < 4.78 is 11.0. The van der Waals surface area contributed by atoms with E-state index in [4.69, 9.17) is 26.8 Å². The van der Waals surface area contributed by atoms with E-state index in [1.165, 1.54) is 0 Å². The van der Waals surface area contributed by atoms with E-state index >= 15 is 0 Å². The zero-order chi connectivity index (χ0) is 17.3. The van der Waals surface area contributed by atoms with Crippen molar-refractivity contribution >= 4 is 44.8 Å². The van der Waals surface area contributed by atoms with Crippen LogP contribution in [0.25, 0.3) is 10.2 Å². The summed E-state index contributed by atoms with van der Waals surface area (Å²) in [7, 11) is 0. The fourth-order valence-corrected chi connectivity index (χ4v) is 3.81. The first-order chi connectivity index (χ1) is 11.5. The normalized spacial score (nSPS) is 15.8. The Morgan fingerprint density at radius 3 is 2.88 bits per heavy atom. The first-order valence-electron chi connectivity index (χ1n) is 7.53. The van der Waals surface area contributed by atoms with Crippen molar-refractivity contribution in [3.63, 3.8) is 0 Å². The van der Waals surface area contributed by atoms with Crippen molar-refractivity contribution in [1.82, 2.24) is 9.88 Å². The molecule has 2 aromatic heterocycles. The summed E-state index contributed by atoms with van der Waals surface area (Å²) in [6, 6.07) is 0. The second-order valence-corrected chi connectivity index (χ2v) is 6.87. The molecule has 0 aliphatic carbocycles. The molecule has 0 unspecified atom stereocenters. The van der Waals surface area contributed by atoms with E-state index in [-0.39, 0.29) is 10.6 Å². The largest absolute Gasteiger partial charge is 0.477 e. The highest BCUT2D eigenvalue weighted by Crippen LogP contribution is 2.40. The van der Waals surface area contributed by atoms with Gasteiger partial charge in [-0.3, -0.25) is 4.90 Å². The number of nitrogen functional groups attached to an aromatic ring is 1. The van der Waals surface area contributed by atoms with Gasteiger partial charge in [-0.05, 0) is 12.5 Å². The lowest BCUT2D eigenvalue weighted by atomic mass is 10.1. The minimum atomic E-state index is -1.07. The van der Waals surface area contributed by atoms with E-state index in [9.17, 15) is 9.90 Å². The number of fused-ring (bicyclic) bond motifs is 1. The lowest BCUT2D eigenvalue weighted by Gasteiger charge is -2.26. The van der Waals surface area contributed by atoms with Gasteiger partial charge >= 0.3 is 5.97 Å². The van der Waals surface area contributed by atoms with Crippen molar-refractivity contribution < 1.29 is 19.4 Å². The van der Waals surface area contributed by atoms with Gasteiger partial charge < -0.3 is 20.3 Å². The van der Waals surface area contributed by atoms with Gasteiger partial charge in [0.2, 0.25) is 5.88 Å². The Morgan fingerprint density at radius 2 is 2.21 bits per heavy atom. The highest BCUT2D eigenvalue weighted by atomic mass is 35.5. The zero-order valence-electron chi connectivity index (χ0n) is 13.2. The van der Waals surface area contributed by atoms with Crippen LogP contribution in [-0.4, -0.2) is 60.4 Å². The zero-order valence-corrected chi connectivity index (χ0v) is 14.7. The van der Waals surface area contributed by atoms with Gasteiger partial charge in [0.25, 0.3) is 0 Å². The van der Waals surface area contributed by atoms with Crippen LogP contribution in [0.1, 0.15) is 15.2 Å². The maximum absolute atomic E-state index is 11.2. The molecular formula is C15H18ClN3O4S. The number of nitrogens with two attached hydrogens (primary N) is 1. The van der Waals surface area contributed by atoms with E-state index in [2.05, 4.69) is 9.88 Å². The van der Waals surface area contributed by atoms with Crippen molar-refractivity contribution in [2.45, 2.75) is 6.92 Å². The number of carbonyl (C=O) groups is 1. The van der Waals surface area contributed by atoms with Gasteiger partial charge in [0.1, 0.15) is 21.3 Å². The van der Waals surface area contributed by atoms with Crippen molar-refractivity contribution in [2.75, 3.05) is 45.2 Å². The number of morpholine rings is 1. The maximum Gasteiger partial charge on any atom is 0.348 e. The summed E-state index contributed by atoms with van der Waals surface area (Å²) >= 11 is 7.36. The summed E-state index contributed by atoms with van der Waals surface area (Å²) in [4.78, 5) is 18.4. The lowest BCUT2D eigenvalue weighted by Crippen LogP contribution is -2.38. The quantitative estimate of drug-likeness (QED) is 0.831. The number of halogens is 1. The van der Waals surface area contributed by atoms with Gasteiger partial charge in [-0.25, -0.2) is 9.78 Å². The Bertz CT molecular complexity index is 774. The van der Waals surface area contributed by atoms with Crippen LogP contribution < -0.4 is 10.5 Å². The van der Waals surface area contributed by atoms with Crippen molar-refractivity contribution in [3.8, 4) is 5.88 Å². The predicted octanol–water partition coefficient (Wildman–Crippen LogP) is 2.25. The van der Waals surface area contributed by atoms with E-state index in [0.29, 0.717) is 33.3 Å². The number of pyridine rings is 1. The molecule has 9 heteroatoms. The Morgan fingerprint density at radius 1 is 1.50 bits per heavy atom. The third kappa shape index (κ3) is 3.27. The molecule has 0 radical (unpaired) electrons. The van der Waals surface area contributed by atoms with Crippen LogP contribution in [0.5, 0.6) is 5.88 Å². The molecule has 7 nitrogen and oxygen atoms in total. The van der Waals surface area contributed by atoms with Crippen molar-refractivity contribution in [3.05, 3.63) is 15.5 Å². The van der Waals surface area contributed by atoms with E-state index in [1.807, 2.05) is 0 Å². The Labute approximate surface area is 147 Å². The molecule has 0 bridgehead atoms. The van der Waals surface area contributed by atoms with Crippen LogP contribution in [0.3, 0.4) is 0 Å². The molecule has 130 valence electrons. The lowest BCUT2D eigenvalue weighted by molar-refractivity contribution is 0.0320. The number of hydrogen-bond donors (Lipinski definition) is 2. The number of anilines is 1. The third-order valence-corrected chi connectivity index (χ3v) is 5.50.